The van der Waals surface area contributed by atoms with Crippen LogP contribution in [0.2, 0.25) is 0 Å². The van der Waals surface area contributed by atoms with E-state index in [-0.39, 0.29) is 23.1 Å². The van der Waals surface area contributed by atoms with Crippen LogP contribution in [0.25, 0.3) is 0 Å². The van der Waals surface area contributed by atoms with Gasteiger partial charge in [-0.1, -0.05) is 12.1 Å². The van der Waals surface area contributed by atoms with E-state index in [9.17, 15) is 14.0 Å². The number of nitrogens with zero attached hydrogens (tertiary/aromatic N) is 1. The van der Waals surface area contributed by atoms with Crippen LogP contribution in [0.4, 0.5) is 26.2 Å². The summed E-state index contributed by atoms with van der Waals surface area (Å²) >= 11 is 1.51. The third kappa shape index (κ3) is 4.80. The number of carbonyl (C=O) groups excluding carboxylic acids is 2. The molecule has 158 valence electrons. The highest BCUT2D eigenvalue weighted by atomic mass is 32.2. The molecule has 3 aromatic rings. The fourth-order valence-electron chi connectivity index (χ4n) is 3.25. The molecule has 2 N–H and O–H groups in total. The molecule has 31 heavy (non-hydrogen) atoms. The Hall–Kier alpha value is -3.52. The van der Waals surface area contributed by atoms with Gasteiger partial charge in [0.1, 0.15) is 16.9 Å². The first-order valence-electron chi connectivity index (χ1n) is 9.55. The van der Waals surface area contributed by atoms with Crippen LogP contribution in [0.3, 0.4) is 0 Å². The minimum absolute atomic E-state index is 0.0253. The van der Waals surface area contributed by atoms with E-state index in [2.05, 4.69) is 10.6 Å². The summed E-state index contributed by atoms with van der Waals surface area (Å²) in [5, 5.41) is 5.33. The molecule has 3 aromatic carbocycles. The maximum Gasteiger partial charge on any atom is 0.323 e. The largest absolute Gasteiger partial charge is 0.497 e. The Kier molecular flexibility index (Phi) is 6.08. The average Bonchev–Trinajstić information content (AvgIpc) is 3.16. The molecule has 3 amide bonds. The molecular formula is C23H20FN3O3S. The Morgan fingerprint density at radius 3 is 2.13 bits per heavy atom. The monoisotopic (exact) mass is 437 g/mol. The molecule has 0 bridgehead atoms. The van der Waals surface area contributed by atoms with Crippen molar-refractivity contribution in [1.29, 1.82) is 0 Å². The van der Waals surface area contributed by atoms with Gasteiger partial charge in [0.15, 0.2) is 0 Å². The summed E-state index contributed by atoms with van der Waals surface area (Å²) in [5.41, 5.74) is 2.84. The molecule has 0 aromatic heterocycles. The number of urea groups is 1. The first-order chi connectivity index (χ1) is 15.0. The predicted octanol–water partition coefficient (Wildman–Crippen LogP) is 5.26. The topological polar surface area (TPSA) is 70.7 Å². The number of nitrogens with one attached hydrogen (secondary N) is 2. The zero-order chi connectivity index (χ0) is 21.8. The van der Waals surface area contributed by atoms with Crippen molar-refractivity contribution in [1.82, 2.24) is 0 Å². The van der Waals surface area contributed by atoms with Crippen molar-refractivity contribution in [3.63, 3.8) is 0 Å². The lowest BCUT2D eigenvalue weighted by molar-refractivity contribution is -0.115. The van der Waals surface area contributed by atoms with E-state index in [1.54, 1.807) is 60.5 Å². The smallest absolute Gasteiger partial charge is 0.323 e. The summed E-state index contributed by atoms with van der Waals surface area (Å²) < 4.78 is 18.4. The average molecular weight is 437 g/mol. The van der Waals surface area contributed by atoms with E-state index < -0.39 is 0 Å². The van der Waals surface area contributed by atoms with Gasteiger partial charge < -0.3 is 15.4 Å². The van der Waals surface area contributed by atoms with E-state index in [0.29, 0.717) is 28.6 Å². The van der Waals surface area contributed by atoms with Crippen molar-refractivity contribution in [2.24, 2.45) is 0 Å². The van der Waals surface area contributed by atoms with Gasteiger partial charge in [0.05, 0.1) is 12.9 Å². The molecule has 1 aliphatic rings. The summed E-state index contributed by atoms with van der Waals surface area (Å²) in [4.78, 5) is 26.3. The minimum atomic E-state index is -0.365. The highest BCUT2D eigenvalue weighted by molar-refractivity contribution is 8.00. The van der Waals surface area contributed by atoms with Crippen LogP contribution in [0.1, 0.15) is 10.9 Å². The summed E-state index contributed by atoms with van der Waals surface area (Å²) in [5.74, 6) is 0.692. The first-order valence-corrected chi connectivity index (χ1v) is 10.6. The normalized spacial score (nSPS) is 15.6. The highest BCUT2D eigenvalue weighted by Crippen LogP contribution is 2.41. The lowest BCUT2D eigenvalue weighted by Gasteiger charge is -2.24. The van der Waals surface area contributed by atoms with Crippen molar-refractivity contribution in [3.8, 4) is 5.75 Å². The summed E-state index contributed by atoms with van der Waals surface area (Å²) in [6.45, 7) is 0. The number of benzene rings is 3. The number of ether oxygens (including phenoxy) is 1. The van der Waals surface area contributed by atoms with Gasteiger partial charge in [0.2, 0.25) is 5.91 Å². The van der Waals surface area contributed by atoms with Gasteiger partial charge in [0.25, 0.3) is 0 Å². The molecule has 8 heteroatoms. The van der Waals surface area contributed by atoms with Gasteiger partial charge in [-0.3, -0.25) is 9.69 Å². The number of thioether (sulfide) groups is 1. The Morgan fingerprint density at radius 1 is 0.968 bits per heavy atom. The fourth-order valence-corrected chi connectivity index (χ4v) is 4.43. The van der Waals surface area contributed by atoms with Gasteiger partial charge in [-0.05, 0) is 66.2 Å². The third-order valence-corrected chi connectivity index (χ3v) is 5.99. The van der Waals surface area contributed by atoms with Gasteiger partial charge in [-0.25, -0.2) is 9.18 Å². The van der Waals surface area contributed by atoms with Crippen molar-refractivity contribution in [2.75, 3.05) is 28.4 Å². The molecule has 0 spiro atoms. The summed E-state index contributed by atoms with van der Waals surface area (Å²) in [7, 11) is 1.58. The summed E-state index contributed by atoms with van der Waals surface area (Å²) in [6.07, 6.45) is 0. The molecule has 1 saturated heterocycles. The first kappa shape index (κ1) is 20.7. The molecule has 4 rings (SSSR count). The fraction of sp³-hybridized carbons (Fsp3) is 0.130. The second kappa shape index (κ2) is 9.09. The number of hydrogen-bond donors (Lipinski definition) is 2. The van der Waals surface area contributed by atoms with E-state index in [0.717, 1.165) is 5.56 Å². The Labute approximate surface area is 183 Å². The van der Waals surface area contributed by atoms with Crippen LogP contribution < -0.4 is 20.3 Å². The molecule has 0 aliphatic carbocycles. The highest BCUT2D eigenvalue weighted by Gasteiger charge is 2.34. The maximum atomic E-state index is 13.3. The number of hydrogen-bond acceptors (Lipinski definition) is 4. The van der Waals surface area contributed by atoms with Crippen molar-refractivity contribution >= 4 is 40.8 Å². The van der Waals surface area contributed by atoms with Crippen LogP contribution >= 0.6 is 11.8 Å². The number of amides is 3. The van der Waals surface area contributed by atoms with Crippen LogP contribution in [-0.4, -0.2) is 24.8 Å². The minimum Gasteiger partial charge on any atom is -0.497 e. The van der Waals surface area contributed by atoms with Gasteiger partial charge in [-0.2, -0.15) is 0 Å². The molecular weight excluding hydrogens is 417 g/mol. The lowest BCUT2D eigenvalue weighted by atomic mass is 10.1. The lowest BCUT2D eigenvalue weighted by Crippen LogP contribution is -2.27. The number of carbonyl (C=O) groups is 2. The van der Waals surface area contributed by atoms with Crippen LogP contribution in [0.5, 0.6) is 5.75 Å². The van der Waals surface area contributed by atoms with Crippen molar-refractivity contribution < 1.29 is 18.7 Å². The van der Waals surface area contributed by atoms with Gasteiger partial charge in [0, 0.05) is 17.1 Å². The molecule has 1 heterocycles. The Bertz CT molecular complexity index is 1070. The van der Waals surface area contributed by atoms with Crippen LogP contribution in [0.15, 0.2) is 72.8 Å². The molecule has 6 nitrogen and oxygen atoms in total. The van der Waals surface area contributed by atoms with E-state index in [4.69, 9.17) is 4.74 Å². The molecule has 1 fully saturated rings. The second-order valence-electron chi connectivity index (χ2n) is 6.83. The summed E-state index contributed by atoms with van der Waals surface area (Å²) in [6, 6.07) is 19.9. The second-order valence-corrected chi connectivity index (χ2v) is 7.90. The van der Waals surface area contributed by atoms with Gasteiger partial charge in [-0.15, -0.1) is 11.8 Å². The number of rotatable bonds is 5. The standard InChI is InChI=1S/C23H20FN3O3S/c1-30-20-12-8-18(9-13-20)26-23(29)25-17-6-2-15(3-7-17)22-27(21(28)14-31-22)19-10-4-16(24)5-11-19/h2-13,22H,14H2,1H3,(H2,25,26,29). The Morgan fingerprint density at radius 2 is 1.55 bits per heavy atom. The molecule has 1 aliphatic heterocycles. The van der Waals surface area contributed by atoms with Gasteiger partial charge >= 0.3 is 6.03 Å². The van der Waals surface area contributed by atoms with Crippen LogP contribution in [-0.2, 0) is 4.79 Å². The molecule has 0 saturated carbocycles. The van der Waals surface area contributed by atoms with Crippen molar-refractivity contribution in [3.05, 3.63) is 84.2 Å². The maximum absolute atomic E-state index is 13.3. The quantitative estimate of drug-likeness (QED) is 0.571. The SMILES string of the molecule is COc1ccc(NC(=O)Nc2ccc(C3SCC(=O)N3c3ccc(F)cc3)cc2)cc1. The van der Waals surface area contributed by atoms with E-state index >= 15 is 0 Å². The Balaban J connectivity index is 1.42. The van der Waals surface area contributed by atoms with Crippen molar-refractivity contribution in [2.45, 2.75) is 5.37 Å². The molecule has 0 radical (unpaired) electrons. The molecule has 1 atom stereocenters. The zero-order valence-corrected chi connectivity index (χ0v) is 17.5. The number of halogens is 1. The zero-order valence-electron chi connectivity index (χ0n) is 16.7. The van der Waals surface area contributed by atoms with E-state index in [1.165, 1.54) is 23.9 Å². The number of methoxy groups -OCH3 is 1. The van der Waals surface area contributed by atoms with Crippen LogP contribution in [0, 0.1) is 5.82 Å². The predicted molar refractivity (Wildman–Crippen MR) is 121 cm³/mol. The van der Waals surface area contributed by atoms with E-state index in [1.807, 2.05) is 12.1 Å². The molecule has 1 unspecified atom stereocenters. The number of anilines is 3. The third-order valence-electron chi connectivity index (χ3n) is 4.77.